The van der Waals surface area contributed by atoms with Crippen molar-refractivity contribution in [2.24, 2.45) is 11.8 Å². The molecule has 1 aromatic rings. The third-order valence-electron chi connectivity index (χ3n) is 5.38. The van der Waals surface area contributed by atoms with Crippen molar-refractivity contribution in [1.29, 1.82) is 0 Å². The Morgan fingerprint density at radius 3 is 2.60 bits per heavy atom. The van der Waals surface area contributed by atoms with Crippen LogP contribution in [-0.2, 0) is 0 Å². The Labute approximate surface area is 155 Å². The molecule has 0 amide bonds. The molecule has 1 unspecified atom stereocenters. The van der Waals surface area contributed by atoms with Gasteiger partial charge in [-0.2, -0.15) is 0 Å². The second-order valence-electron chi connectivity index (χ2n) is 6.80. The summed E-state index contributed by atoms with van der Waals surface area (Å²) in [5.41, 5.74) is 0.846. The quantitative estimate of drug-likeness (QED) is 0.538. The number of nitrogens with one attached hydrogen (secondary N) is 3. The molecule has 134 valence electrons. The molecule has 1 aromatic carbocycles. The zero-order valence-electron chi connectivity index (χ0n) is 14.8. The average Bonchev–Trinajstić information content (AvgIpc) is 2.66. The monoisotopic (exact) mass is 360 g/mol. The van der Waals surface area contributed by atoms with Crippen LogP contribution in [0.15, 0.2) is 18.2 Å². The van der Waals surface area contributed by atoms with Crippen LogP contribution in [-0.4, -0.2) is 45.0 Å². The molecule has 3 aliphatic rings. The molecule has 3 saturated heterocycles. The van der Waals surface area contributed by atoms with Gasteiger partial charge in [-0.15, -0.1) is 6.42 Å². The fourth-order valence-corrected chi connectivity index (χ4v) is 4.20. The maximum atomic E-state index is 5.66. The molecule has 0 spiro atoms. The number of terminal acetylenes is 1. The molecule has 25 heavy (non-hydrogen) atoms. The minimum Gasteiger partial charge on any atom is -0.497 e. The van der Waals surface area contributed by atoms with E-state index in [1.807, 2.05) is 18.2 Å². The zero-order chi connectivity index (χ0) is 17.8. The number of hydrogen-bond acceptors (Lipinski definition) is 3. The molecule has 0 aromatic heterocycles. The lowest BCUT2D eigenvalue weighted by atomic mass is 9.76. The number of ether oxygens (including phenoxy) is 2. The number of anilines is 1. The van der Waals surface area contributed by atoms with Crippen LogP contribution in [0, 0.1) is 24.2 Å². The molecule has 5 nitrogen and oxygen atoms in total. The highest BCUT2D eigenvalue weighted by Crippen LogP contribution is 2.27. The van der Waals surface area contributed by atoms with Gasteiger partial charge in [0.15, 0.2) is 5.11 Å². The molecule has 4 rings (SSSR count). The Morgan fingerprint density at radius 1 is 1.32 bits per heavy atom. The first-order chi connectivity index (χ1) is 12.1. The molecule has 0 radical (unpaired) electrons. The number of piperidine rings is 3. The van der Waals surface area contributed by atoms with Crippen LogP contribution in [0.1, 0.15) is 12.8 Å². The van der Waals surface area contributed by atoms with Gasteiger partial charge in [-0.1, -0.05) is 5.92 Å². The lowest BCUT2D eigenvalue weighted by Gasteiger charge is -2.45. The van der Waals surface area contributed by atoms with Crippen molar-refractivity contribution in [3.63, 3.8) is 0 Å². The number of benzene rings is 1. The average molecular weight is 361 g/mol. The first-order valence-corrected chi connectivity index (χ1v) is 9.12. The highest BCUT2D eigenvalue weighted by atomic mass is 32.1. The van der Waals surface area contributed by atoms with Crippen LogP contribution in [0.4, 0.5) is 5.69 Å². The van der Waals surface area contributed by atoms with E-state index in [0.717, 1.165) is 30.3 Å². The largest absolute Gasteiger partial charge is 0.497 e. The topological polar surface area (TPSA) is 47.0 Å². The lowest BCUT2D eigenvalue weighted by Crippen LogP contribution is -3.20. The highest BCUT2D eigenvalue weighted by molar-refractivity contribution is 7.80. The van der Waals surface area contributed by atoms with E-state index in [1.165, 1.54) is 19.4 Å². The lowest BCUT2D eigenvalue weighted by molar-refractivity contribution is -0.943. The minimum atomic E-state index is 0.453. The van der Waals surface area contributed by atoms with Gasteiger partial charge in [0.2, 0.25) is 0 Å². The Morgan fingerprint density at radius 2 is 2.04 bits per heavy atom. The second kappa shape index (κ2) is 7.94. The second-order valence-corrected chi connectivity index (χ2v) is 7.21. The first-order valence-electron chi connectivity index (χ1n) is 8.71. The number of thiocarbonyl (C=S) groups is 1. The van der Waals surface area contributed by atoms with E-state index in [2.05, 4.69) is 16.6 Å². The number of fused-ring (bicyclic) bond motifs is 3. The molecule has 3 aliphatic heterocycles. The summed E-state index contributed by atoms with van der Waals surface area (Å²) >= 11 is 5.45. The van der Waals surface area contributed by atoms with Gasteiger partial charge >= 0.3 is 0 Å². The smallest absolute Gasteiger partial charge is 0.171 e. The summed E-state index contributed by atoms with van der Waals surface area (Å²) in [5.74, 6) is 5.56. The van der Waals surface area contributed by atoms with E-state index in [1.54, 1.807) is 19.1 Å². The van der Waals surface area contributed by atoms with Crippen LogP contribution < -0.4 is 25.0 Å². The normalized spacial score (nSPS) is 27.2. The van der Waals surface area contributed by atoms with Gasteiger partial charge in [-0.25, -0.2) is 0 Å². The van der Waals surface area contributed by atoms with Crippen LogP contribution in [0.5, 0.6) is 11.5 Å². The summed E-state index contributed by atoms with van der Waals surface area (Å²) < 4.78 is 10.6. The molecular weight excluding hydrogens is 334 g/mol. The van der Waals surface area contributed by atoms with Gasteiger partial charge in [-0.05, 0) is 18.1 Å². The van der Waals surface area contributed by atoms with Gasteiger partial charge in [0.25, 0.3) is 0 Å². The van der Waals surface area contributed by atoms with Gasteiger partial charge < -0.3 is 25.0 Å². The zero-order valence-corrected chi connectivity index (χ0v) is 15.6. The Kier molecular flexibility index (Phi) is 5.67. The summed E-state index contributed by atoms with van der Waals surface area (Å²) in [5, 5.41) is 7.19. The first kappa shape index (κ1) is 17.8. The van der Waals surface area contributed by atoms with Crippen molar-refractivity contribution in [3.05, 3.63) is 18.2 Å². The SMILES string of the molecule is C#C[C@H]1C[NH+]2CC[C@H]1C[C@@H]2CNC(=S)Nc1cc(OC)cc(OC)c1. The van der Waals surface area contributed by atoms with Crippen LogP contribution in [0.3, 0.4) is 0 Å². The molecule has 6 heteroatoms. The Bertz CT molecular complexity index is 651. The van der Waals surface area contributed by atoms with Crippen LogP contribution >= 0.6 is 12.2 Å². The summed E-state index contributed by atoms with van der Waals surface area (Å²) in [4.78, 5) is 1.61. The molecule has 0 aliphatic carbocycles. The Balaban J connectivity index is 1.53. The molecule has 4 atom stereocenters. The number of methoxy groups -OCH3 is 2. The van der Waals surface area contributed by atoms with Crippen molar-refractivity contribution < 1.29 is 14.4 Å². The minimum absolute atomic E-state index is 0.453. The summed E-state index contributed by atoms with van der Waals surface area (Å²) in [6.07, 6.45) is 8.10. The fraction of sp³-hybridized carbons (Fsp3) is 0.526. The third-order valence-corrected chi connectivity index (χ3v) is 5.63. The van der Waals surface area contributed by atoms with Crippen molar-refractivity contribution >= 4 is 23.0 Å². The van der Waals surface area contributed by atoms with Gasteiger partial charge in [0, 0.05) is 36.7 Å². The van der Waals surface area contributed by atoms with Crippen LogP contribution in [0.25, 0.3) is 0 Å². The van der Waals surface area contributed by atoms with E-state index in [-0.39, 0.29) is 0 Å². The standard InChI is InChI=1S/C19H25N3O2S/c1-4-13-12-22-6-5-14(13)7-16(22)11-20-19(25)21-15-8-17(23-2)10-18(9-15)24-3/h1,8-10,13-14,16H,5-7,11-12H2,2-3H3,(H2,20,21,25)/p+1/t13-,14-,16+/m0/s1. The molecule has 3 N–H and O–H groups in total. The van der Waals surface area contributed by atoms with E-state index >= 15 is 0 Å². The number of hydrogen-bond donors (Lipinski definition) is 3. The molecule has 3 heterocycles. The van der Waals surface area contributed by atoms with Gasteiger partial charge in [0.05, 0.1) is 39.8 Å². The predicted octanol–water partition coefficient (Wildman–Crippen LogP) is 0.917. The van der Waals surface area contributed by atoms with E-state index < -0.39 is 0 Å². The molecule has 3 fully saturated rings. The third kappa shape index (κ3) is 4.17. The van der Waals surface area contributed by atoms with E-state index in [0.29, 0.717) is 23.0 Å². The maximum absolute atomic E-state index is 5.66. The number of rotatable bonds is 5. The summed E-state index contributed by atoms with van der Waals surface area (Å²) in [6, 6.07) is 6.21. The van der Waals surface area contributed by atoms with Gasteiger partial charge in [0.1, 0.15) is 17.5 Å². The molecule has 2 bridgehead atoms. The van der Waals surface area contributed by atoms with E-state index in [4.69, 9.17) is 28.1 Å². The predicted molar refractivity (Wildman–Crippen MR) is 103 cm³/mol. The highest BCUT2D eigenvalue weighted by Gasteiger charge is 2.42. The van der Waals surface area contributed by atoms with Crippen molar-refractivity contribution in [2.45, 2.75) is 18.9 Å². The van der Waals surface area contributed by atoms with E-state index in [9.17, 15) is 0 Å². The van der Waals surface area contributed by atoms with Crippen molar-refractivity contribution in [1.82, 2.24) is 5.32 Å². The summed E-state index contributed by atoms with van der Waals surface area (Å²) in [7, 11) is 3.27. The van der Waals surface area contributed by atoms with Crippen molar-refractivity contribution in [3.8, 4) is 23.8 Å². The van der Waals surface area contributed by atoms with Gasteiger partial charge in [-0.3, -0.25) is 0 Å². The molecular formula is C19H26N3O2S+. The van der Waals surface area contributed by atoms with Crippen molar-refractivity contribution in [2.75, 3.05) is 39.2 Å². The fourth-order valence-electron chi connectivity index (χ4n) is 4.00. The number of quaternary nitrogens is 1. The van der Waals surface area contributed by atoms with Crippen LogP contribution in [0.2, 0.25) is 0 Å². The Hall–Kier alpha value is -1.97. The maximum Gasteiger partial charge on any atom is 0.171 e. The molecule has 0 saturated carbocycles. The summed E-state index contributed by atoms with van der Waals surface area (Å²) in [6.45, 7) is 3.19.